The molecular weight excluding hydrogens is 350 g/mol. The molecule has 1 saturated carbocycles. The van der Waals surface area contributed by atoms with E-state index in [9.17, 15) is 9.59 Å². The van der Waals surface area contributed by atoms with Gasteiger partial charge in [0.15, 0.2) is 0 Å². The summed E-state index contributed by atoms with van der Waals surface area (Å²) in [5.41, 5.74) is 2.64. The quantitative estimate of drug-likeness (QED) is 0.825. The maximum absolute atomic E-state index is 13.2. The van der Waals surface area contributed by atoms with Gasteiger partial charge in [-0.2, -0.15) is 0 Å². The maximum Gasteiger partial charge on any atom is 0.324 e. The third kappa shape index (κ3) is 4.03. The van der Waals surface area contributed by atoms with Crippen LogP contribution < -0.4 is 10.2 Å². The summed E-state index contributed by atoms with van der Waals surface area (Å²) in [5.74, 6) is 0.176. The molecule has 1 aliphatic heterocycles. The number of nitrogens with zero attached hydrogens (tertiary/aromatic N) is 2. The van der Waals surface area contributed by atoms with Gasteiger partial charge < -0.3 is 10.2 Å². The lowest BCUT2D eigenvalue weighted by molar-refractivity contribution is -0.119. The minimum Gasteiger partial charge on any atom is -0.324 e. The molecule has 0 spiro atoms. The van der Waals surface area contributed by atoms with Crippen molar-refractivity contribution in [2.45, 2.75) is 38.6 Å². The van der Waals surface area contributed by atoms with Crippen molar-refractivity contribution in [1.29, 1.82) is 0 Å². The van der Waals surface area contributed by atoms with Gasteiger partial charge in [0, 0.05) is 25.6 Å². The van der Waals surface area contributed by atoms with E-state index >= 15 is 0 Å². The Kier molecular flexibility index (Phi) is 5.60. The highest BCUT2D eigenvalue weighted by molar-refractivity contribution is 6.01. The average molecular weight is 377 g/mol. The monoisotopic (exact) mass is 377 g/mol. The third-order valence-electron chi connectivity index (χ3n) is 5.71. The summed E-state index contributed by atoms with van der Waals surface area (Å²) in [6, 6.07) is 17.7. The van der Waals surface area contributed by atoms with Crippen molar-refractivity contribution in [2.75, 3.05) is 23.3 Å². The van der Waals surface area contributed by atoms with Gasteiger partial charge in [-0.3, -0.25) is 9.69 Å². The molecule has 1 saturated heterocycles. The summed E-state index contributed by atoms with van der Waals surface area (Å²) in [7, 11) is 0. The largest absolute Gasteiger partial charge is 0.324 e. The van der Waals surface area contributed by atoms with E-state index in [0.717, 1.165) is 55.6 Å². The van der Waals surface area contributed by atoms with Crippen LogP contribution >= 0.6 is 0 Å². The fraction of sp³-hybridized carbons (Fsp3) is 0.391. The van der Waals surface area contributed by atoms with Crippen molar-refractivity contribution in [3.8, 4) is 0 Å². The number of hydrogen-bond acceptors (Lipinski definition) is 2. The first-order chi connectivity index (χ1) is 13.7. The van der Waals surface area contributed by atoms with Crippen LogP contribution in [0.2, 0.25) is 0 Å². The standard InChI is InChI=1S/C23H27N3O2/c27-22(19-11-4-5-12-19)24-20-13-6-7-14-21(20)26-16-8-15-25(23(26)28)17-18-9-2-1-3-10-18/h1-3,6-7,9-10,13-14,19H,4-5,8,11-12,15-17H2,(H,24,27). The van der Waals surface area contributed by atoms with Gasteiger partial charge in [0.2, 0.25) is 5.91 Å². The Bertz CT molecular complexity index is 831. The highest BCUT2D eigenvalue weighted by Gasteiger charge is 2.29. The van der Waals surface area contributed by atoms with Gasteiger partial charge in [0.25, 0.3) is 0 Å². The zero-order valence-corrected chi connectivity index (χ0v) is 16.1. The Balaban J connectivity index is 1.51. The van der Waals surface area contributed by atoms with Crippen LogP contribution in [0.15, 0.2) is 54.6 Å². The Morgan fingerprint density at radius 2 is 1.64 bits per heavy atom. The number of anilines is 2. The van der Waals surface area contributed by atoms with Crippen LogP contribution in [0.3, 0.4) is 0 Å². The Labute approximate surface area is 166 Å². The second-order valence-corrected chi connectivity index (χ2v) is 7.68. The van der Waals surface area contributed by atoms with Crippen molar-refractivity contribution < 1.29 is 9.59 Å². The second-order valence-electron chi connectivity index (χ2n) is 7.68. The first kappa shape index (κ1) is 18.5. The molecule has 2 aromatic carbocycles. The maximum atomic E-state index is 13.2. The zero-order chi connectivity index (χ0) is 19.3. The normalized spacial score (nSPS) is 17.8. The van der Waals surface area contributed by atoms with Gasteiger partial charge in [-0.05, 0) is 37.0 Å². The molecule has 1 aliphatic carbocycles. The van der Waals surface area contributed by atoms with E-state index < -0.39 is 0 Å². The molecule has 4 rings (SSSR count). The van der Waals surface area contributed by atoms with Crippen LogP contribution in [-0.2, 0) is 11.3 Å². The number of benzene rings is 2. The Morgan fingerprint density at radius 3 is 2.43 bits per heavy atom. The summed E-state index contributed by atoms with van der Waals surface area (Å²) in [5, 5.41) is 3.08. The third-order valence-corrected chi connectivity index (χ3v) is 5.71. The molecule has 2 aromatic rings. The summed E-state index contributed by atoms with van der Waals surface area (Å²) in [6.07, 6.45) is 5.07. The molecule has 28 heavy (non-hydrogen) atoms. The minimum absolute atomic E-state index is 0.00216. The van der Waals surface area contributed by atoms with Gasteiger partial charge in [0.05, 0.1) is 11.4 Å². The summed E-state index contributed by atoms with van der Waals surface area (Å²) in [4.78, 5) is 29.5. The Hall–Kier alpha value is -2.82. The lowest BCUT2D eigenvalue weighted by atomic mass is 10.1. The van der Waals surface area contributed by atoms with E-state index in [4.69, 9.17) is 0 Å². The predicted octanol–water partition coefficient (Wildman–Crippen LogP) is 4.65. The van der Waals surface area contributed by atoms with Crippen molar-refractivity contribution in [2.24, 2.45) is 5.92 Å². The molecule has 2 aliphatic rings. The number of rotatable bonds is 5. The van der Waals surface area contributed by atoms with Crippen molar-refractivity contribution in [3.63, 3.8) is 0 Å². The molecule has 1 heterocycles. The summed E-state index contributed by atoms with van der Waals surface area (Å²) in [6.45, 7) is 2.02. The fourth-order valence-corrected chi connectivity index (χ4v) is 4.19. The fourth-order valence-electron chi connectivity index (χ4n) is 4.19. The molecule has 146 valence electrons. The van der Waals surface area contributed by atoms with Crippen molar-refractivity contribution >= 4 is 23.3 Å². The number of amides is 3. The van der Waals surface area contributed by atoms with Gasteiger partial charge in [-0.1, -0.05) is 55.3 Å². The van der Waals surface area contributed by atoms with Crippen LogP contribution in [0.4, 0.5) is 16.2 Å². The summed E-state index contributed by atoms with van der Waals surface area (Å²) >= 11 is 0. The average Bonchev–Trinajstić information content (AvgIpc) is 3.26. The van der Waals surface area contributed by atoms with E-state index in [1.807, 2.05) is 59.5 Å². The zero-order valence-electron chi connectivity index (χ0n) is 16.1. The van der Waals surface area contributed by atoms with E-state index in [0.29, 0.717) is 13.1 Å². The molecule has 2 fully saturated rings. The lowest BCUT2D eigenvalue weighted by Gasteiger charge is -2.36. The molecule has 3 amide bonds. The first-order valence-corrected chi connectivity index (χ1v) is 10.2. The second kappa shape index (κ2) is 8.46. The molecular formula is C23H27N3O2. The first-order valence-electron chi connectivity index (χ1n) is 10.2. The van der Waals surface area contributed by atoms with E-state index in [2.05, 4.69) is 5.32 Å². The highest BCUT2D eigenvalue weighted by atomic mass is 16.2. The topological polar surface area (TPSA) is 52.7 Å². The number of carbonyl (C=O) groups excluding carboxylic acids is 2. The number of nitrogens with one attached hydrogen (secondary N) is 1. The van der Waals surface area contributed by atoms with Gasteiger partial charge in [-0.15, -0.1) is 0 Å². The van der Waals surface area contributed by atoms with E-state index in [1.54, 1.807) is 4.90 Å². The SMILES string of the molecule is O=C(Nc1ccccc1N1CCCN(Cc2ccccc2)C1=O)C1CCCC1. The van der Waals surface area contributed by atoms with Crippen LogP contribution in [0.1, 0.15) is 37.7 Å². The summed E-state index contributed by atoms with van der Waals surface area (Å²) < 4.78 is 0. The molecule has 1 N–H and O–H groups in total. The number of para-hydroxylation sites is 2. The van der Waals surface area contributed by atoms with Crippen LogP contribution in [0.25, 0.3) is 0 Å². The molecule has 0 atom stereocenters. The predicted molar refractivity (Wildman–Crippen MR) is 111 cm³/mol. The molecule has 0 aromatic heterocycles. The van der Waals surface area contributed by atoms with E-state index in [1.165, 1.54) is 0 Å². The number of carbonyl (C=O) groups is 2. The molecule has 0 unspecified atom stereocenters. The van der Waals surface area contributed by atoms with Crippen molar-refractivity contribution in [1.82, 2.24) is 4.90 Å². The Morgan fingerprint density at radius 1 is 0.929 bits per heavy atom. The highest BCUT2D eigenvalue weighted by Crippen LogP contribution is 2.31. The van der Waals surface area contributed by atoms with Crippen LogP contribution in [0.5, 0.6) is 0 Å². The van der Waals surface area contributed by atoms with Crippen LogP contribution in [0, 0.1) is 5.92 Å². The van der Waals surface area contributed by atoms with E-state index in [-0.39, 0.29) is 17.9 Å². The number of hydrogen-bond donors (Lipinski definition) is 1. The van der Waals surface area contributed by atoms with Gasteiger partial charge in [-0.25, -0.2) is 4.79 Å². The molecule has 5 nitrogen and oxygen atoms in total. The molecule has 0 radical (unpaired) electrons. The minimum atomic E-state index is -0.00216. The number of urea groups is 1. The van der Waals surface area contributed by atoms with Crippen molar-refractivity contribution in [3.05, 3.63) is 60.2 Å². The molecule has 5 heteroatoms. The van der Waals surface area contributed by atoms with Gasteiger partial charge in [0.1, 0.15) is 0 Å². The smallest absolute Gasteiger partial charge is 0.324 e. The molecule has 0 bridgehead atoms. The van der Waals surface area contributed by atoms with Gasteiger partial charge >= 0.3 is 6.03 Å². The lowest BCUT2D eigenvalue weighted by Crippen LogP contribution is -2.49. The van der Waals surface area contributed by atoms with Crippen LogP contribution in [-0.4, -0.2) is 29.9 Å².